The Kier molecular flexibility index (Phi) is 4.64. The lowest BCUT2D eigenvalue weighted by atomic mass is 10.1. The van der Waals surface area contributed by atoms with Gasteiger partial charge in [0.25, 0.3) is 0 Å². The van der Waals surface area contributed by atoms with Crippen LogP contribution < -0.4 is 9.64 Å². The number of hydrogen-bond donors (Lipinski definition) is 0. The third-order valence-corrected chi connectivity index (χ3v) is 3.31. The molecule has 0 radical (unpaired) electrons. The van der Waals surface area contributed by atoms with Crippen LogP contribution in [0.4, 0.5) is 5.69 Å². The van der Waals surface area contributed by atoms with Crippen molar-refractivity contribution in [3.05, 3.63) is 59.1 Å². The van der Waals surface area contributed by atoms with Crippen molar-refractivity contribution in [3.8, 4) is 5.75 Å². The monoisotopic (exact) mass is 289 g/mol. The first-order valence-corrected chi connectivity index (χ1v) is 6.62. The zero-order valence-corrected chi connectivity index (χ0v) is 12.2. The molecule has 0 heterocycles. The number of ether oxygens (including phenoxy) is 1. The average Bonchev–Trinajstić information content (AvgIpc) is 2.48. The summed E-state index contributed by atoms with van der Waals surface area (Å²) in [7, 11) is 3.48. The highest BCUT2D eigenvalue weighted by atomic mass is 35.5. The predicted octanol–water partition coefficient (Wildman–Crippen LogP) is 3.67. The van der Waals surface area contributed by atoms with E-state index in [1.807, 2.05) is 36.2 Å². The van der Waals surface area contributed by atoms with Crippen LogP contribution in [-0.2, 0) is 0 Å². The van der Waals surface area contributed by atoms with E-state index in [1.165, 1.54) is 0 Å². The molecule has 0 aliphatic heterocycles. The number of methoxy groups -OCH3 is 1. The van der Waals surface area contributed by atoms with Crippen LogP contribution >= 0.6 is 11.6 Å². The quantitative estimate of drug-likeness (QED) is 0.787. The lowest BCUT2D eigenvalue weighted by Gasteiger charge is -2.18. The van der Waals surface area contributed by atoms with Crippen LogP contribution in [0.15, 0.2) is 48.5 Å². The zero-order valence-electron chi connectivity index (χ0n) is 11.5. The highest BCUT2D eigenvalue weighted by Crippen LogP contribution is 2.18. The second-order valence-electron chi connectivity index (χ2n) is 4.48. The van der Waals surface area contributed by atoms with E-state index in [1.54, 1.807) is 31.4 Å². The van der Waals surface area contributed by atoms with E-state index in [-0.39, 0.29) is 5.78 Å². The third kappa shape index (κ3) is 3.52. The zero-order chi connectivity index (χ0) is 14.5. The van der Waals surface area contributed by atoms with E-state index in [0.717, 1.165) is 11.4 Å². The highest BCUT2D eigenvalue weighted by molar-refractivity contribution is 6.30. The summed E-state index contributed by atoms with van der Waals surface area (Å²) in [6.07, 6.45) is 0. The maximum absolute atomic E-state index is 12.2. The minimum Gasteiger partial charge on any atom is -0.497 e. The van der Waals surface area contributed by atoms with Crippen LogP contribution in [0.5, 0.6) is 5.75 Å². The second-order valence-corrected chi connectivity index (χ2v) is 4.92. The summed E-state index contributed by atoms with van der Waals surface area (Å²) in [5.41, 5.74) is 1.63. The topological polar surface area (TPSA) is 29.5 Å². The standard InChI is InChI=1S/C16H16ClNO2/c1-18(14-7-5-13(17)6-8-14)11-16(19)12-3-9-15(20-2)10-4-12/h3-10H,11H2,1-2H3. The molecule has 3 nitrogen and oxygen atoms in total. The van der Waals surface area contributed by atoms with Gasteiger partial charge in [0.1, 0.15) is 5.75 Å². The molecule has 0 unspecified atom stereocenters. The van der Waals surface area contributed by atoms with Crippen LogP contribution in [0, 0.1) is 0 Å². The summed E-state index contributed by atoms with van der Waals surface area (Å²) in [6, 6.07) is 14.5. The van der Waals surface area contributed by atoms with E-state index in [9.17, 15) is 4.79 Å². The van der Waals surface area contributed by atoms with Gasteiger partial charge in [-0.25, -0.2) is 0 Å². The number of ketones is 1. The fraction of sp³-hybridized carbons (Fsp3) is 0.188. The fourth-order valence-corrected chi connectivity index (χ4v) is 2.00. The largest absolute Gasteiger partial charge is 0.497 e. The number of carbonyl (C=O) groups is 1. The van der Waals surface area contributed by atoms with Gasteiger partial charge in [0, 0.05) is 23.3 Å². The molecule has 0 spiro atoms. The normalized spacial score (nSPS) is 10.2. The van der Waals surface area contributed by atoms with Crippen molar-refractivity contribution < 1.29 is 9.53 Å². The molecule has 4 heteroatoms. The van der Waals surface area contributed by atoms with Crippen molar-refractivity contribution in [2.24, 2.45) is 0 Å². The van der Waals surface area contributed by atoms with Crippen molar-refractivity contribution in [1.82, 2.24) is 0 Å². The van der Waals surface area contributed by atoms with Gasteiger partial charge in [0.2, 0.25) is 0 Å². The molecule has 2 rings (SSSR count). The van der Waals surface area contributed by atoms with Crippen molar-refractivity contribution in [2.75, 3.05) is 25.6 Å². The first kappa shape index (κ1) is 14.4. The molecule has 0 saturated heterocycles. The number of hydrogen-bond acceptors (Lipinski definition) is 3. The van der Waals surface area contributed by atoms with Crippen LogP contribution in [0.25, 0.3) is 0 Å². The van der Waals surface area contributed by atoms with E-state index in [4.69, 9.17) is 16.3 Å². The van der Waals surface area contributed by atoms with Gasteiger partial charge < -0.3 is 9.64 Å². The summed E-state index contributed by atoms with van der Waals surface area (Å²) < 4.78 is 5.08. The van der Waals surface area contributed by atoms with Crippen LogP contribution in [-0.4, -0.2) is 26.5 Å². The Morgan fingerprint density at radius 1 is 1.10 bits per heavy atom. The van der Waals surface area contributed by atoms with Gasteiger partial charge in [-0.15, -0.1) is 0 Å². The molecular weight excluding hydrogens is 274 g/mol. The molecule has 0 aliphatic carbocycles. The number of Topliss-reactive ketones (excluding diaryl/α,β-unsaturated/α-hetero) is 1. The van der Waals surface area contributed by atoms with Crippen molar-refractivity contribution in [2.45, 2.75) is 0 Å². The van der Waals surface area contributed by atoms with Gasteiger partial charge in [-0.1, -0.05) is 11.6 Å². The van der Waals surface area contributed by atoms with Crippen molar-refractivity contribution in [3.63, 3.8) is 0 Å². The van der Waals surface area contributed by atoms with Crippen LogP contribution in [0.2, 0.25) is 5.02 Å². The molecular formula is C16H16ClNO2. The lowest BCUT2D eigenvalue weighted by molar-refractivity contribution is 0.100. The van der Waals surface area contributed by atoms with E-state index >= 15 is 0 Å². The molecule has 0 saturated carbocycles. The Labute approximate surface area is 123 Å². The summed E-state index contributed by atoms with van der Waals surface area (Å²) in [5.74, 6) is 0.803. The smallest absolute Gasteiger partial charge is 0.182 e. The number of anilines is 1. The molecule has 0 fully saturated rings. The highest BCUT2D eigenvalue weighted by Gasteiger charge is 2.10. The number of likely N-dealkylation sites (N-methyl/N-ethyl adjacent to an activating group) is 1. The van der Waals surface area contributed by atoms with Gasteiger partial charge in [-0.3, -0.25) is 4.79 Å². The molecule has 2 aromatic carbocycles. The number of halogens is 1. The Morgan fingerprint density at radius 3 is 2.25 bits per heavy atom. The Balaban J connectivity index is 2.04. The fourth-order valence-electron chi connectivity index (χ4n) is 1.87. The molecule has 0 amide bonds. The molecule has 0 aliphatic rings. The minimum atomic E-state index is 0.0603. The van der Waals surface area contributed by atoms with Crippen molar-refractivity contribution >= 4 is 23.1 Å². The first-order valence-electron chi connectivity index (χ1n) is 6.24. The Hall–Kier alpha value is -2.00. The van der Waals surface area contributed by atoms with Gasteiger partial charge >= 0.3 is 0 Å². The molecule has 2 aromatic rings. The van der Waals surface area contributed by atoms with Gasteiger partial charge in [0.15, 0.2) is 5.78 Å². The van der Waals surface area contributed by atoms with Gasteiger partial charge in [-0.05, 0) is 48.5 Å². The number of rotatable bonds is 5. The number of carbonyl (C=O) groups excluding carboxylic acids is 1. The van der Waals surface area contributed by atoms with Crippen LogP contribution in [0.3, 0.4) is 0 Å². The summed E-state index contributed by atoms with van der Waals surface area (Å²) in [5, 5.41) is 0.684. The lowest BCUT2D eigenvalue weighted by Crippen LogP contribution is -2.25. The first-order chi connectivity index (χ1) is 9.60. The predicted molar refractivity (Wildman–Crippen MR) is 82.0 cm³/mol. The molecule has 0 aromatic heterocycles. The molecule has 104 valence electrons. The summed E-state index contributed by atoms with van der Waals surface area (Å²) >= 11 is 5.85. The molecule has 0 bridgehead atoms. The van der Waals surface area contributed by atoms with E-state index in [2.05, 4.69) is 0 Å². The van der Waals surface area contributed by atoms with Gasteiger partial charge in [0.05, 0.1) is 13.7 Å². The van der Waals surface area contributed by atoms with Crippen LogP contribution in [0.1, 0.15) is 10.4 Å². The maximum Gasteiger partial charge on any atom is 0.182 e. The SMILES string of the molecule is COc1ccc(C(=O)CN(C)c2ccc(Cl)cc2)cc1. The molecule has 0 atom stereocenters. The average molecular weight is 290 g/mol. The molecule has 0 N–H and O–H groups in total. The Morgan fingerprint density at radius 2 is 1.70 bits per heavy atom. The van der Waals surface area contributed by atoms with E-state index < -0.39 is 0 Å². The number of nitrogens with zero attached hydrogens (tertiary/aromatic N) is 1. The summed E-state index contributed by atoms with van der Waals surface area (Å²) in [6.45, 7) is 0.313. The van der Waals surface area contributed by atoms with Crippen molar-refractivity contribution in [1.29, 1.82) is 0 Å². The minimum absolute atomic E-state index is 0.0603. The third-order valence-electron chi connectivity index (χ3n) is 3.06. The summed E-state index contributed by atoms with van der Waals surface area (Å²) in [4.78, 5) is 14.1. The Bertz CT molecular complexity index is 578. The number of benzene rings is 2. The van der Waals surface area contributed by atoms with E-state index in [0.29, 0.717) is 17.1 Å². The molecule has 20 heavy (non-hydrogen) atoms. The van der Waals surface area contributed by atoms with Gasteiger partial charge in [-0.2, -0.15) is 0 Å². The maximum atomic E-state index is 12.2. The second kappa shape index (κ2) is 6.44.